The van der Waals surface area contributed by atoms with Crippen molar-refractivity contribution in [2.24, 2.45) is 0 Å². The number of carbonyl (C=O) groups excluding carboxylic acids is 2. The number of amides is 2. The summed E-state index contributed by atoms with van der Waals surface area (Å²) in [7, 11) is 0. The van der Waals surface area contributed by atoms with E-state index in [1.54, 1.807) is 0 Å². The van der Waals surface area contributed by atoms with Crippen LogP contribution in [0.2, 0.25) is 0 Å². The predicted molar refractivity (Wildman–Crippen MR) is 165 cm³/mol. The van der Waals surface area contributed by atoms with Gasteiger partial charge in [-0.1, -0.05) is 41.5 Å². The van der Waals surface area contributed by atoms with Gasteiger partial charge in [0.15, 0.2) is 0 Å². The molecule has 0 aliphatic carbocycles. The highest BCUT2D eigenvalue weighted by atomic mass is 127. The number of halogens is 1. The molecule has 0 fully saturated rings. The fraction of sp³-hybridized carbons (Fsp3) is 0.375. The first kappa shape index (κ1) is 30.5. The first-order valence-corrected chi connectivity index (χ1v) is 14.3. The van der Waals surface area contributed by atoms with Crippen molar-refractivity contribution in [3.05, 3.63) is 90.5 Å². The lowest BCUT2D eigenvalue weighted by molar-refractivity contribution is 0.0925. The highest BCUT2D eigenvalue weighted by Crippen LogP contribution is 2.31. The molecular weight excluding hydrogens is 603 g/mol. The maximum Gasteiger partial charge on any atom is 0.251 e. The highest BCUT2D eigenvalue weighted by molar-refractivity contribution is 14.1. The number of ether oxygens (including phenoxy) is 2. The van der Waals surface area contributed by atoms with Crippen LogP contribution in [0.5, 0.6) is 11.5 Å². The smallest absolute Gasteiger partial charge is 0.251 e. The molecule has 2 N–H and O–H groups in total. The second-order valence-corrected chi connectivity index (χ2v) is 11.5. The van der Waals surface area contributed by atoms with E-state index < -0.39 is 0 Å². The monoisotopic (exact) mass is 642 g/mol. The van der Waals surface area contributed by atoms with Crippen LogP contribution in [-0.2, 0) is 0 Å². The average Bonchev–Trinajstić information content (AvgIpc) is 2.82. The van der Waals surface area contributed by atoms with Crippen LogP contribution in [0.1, 0.15) is 67.9 Å². The zero-order valence-electron chi connectivity index (χ0n) is 24.1. The van der Waals surface area contributed by atoms with Crippen LogP contribution in [0.25, 0.3) is 0 Å². The Morgan fingerprint density at radius 1 is 0.692 bits per heavy atom. The van der Waals surface area contributed by atoms with Crippen LogP contribution in [0, 0.1) is 45.1 Å². The Balaban J connectivity index is 1.56. The Bertz CT molecular complexity index is 1220. The van der Waals surface area contributed by atoms with E-state index in [0.717, 1.165) is 37.0 Å². The average molecular weight is 643 g/mol. The van der Waals surface area contributed by atoms with Crippen molar-refractivity contribution in [3.8, 4) is 11.5 Å². The van der Waals surface area contributed by atoms with Crippen LogP contribution in [0.4, 0.5) is 0 Å². The summed E-state index contributed by atoms with van der Waals surface area (Å²) in [4.78, 5) is 25.7. The third-order valence-corrected chi connectivity index (χ3v) is 7.56. The van der Waals surface area contributed by atoms with Gasteiger partial charge in [0.1, 0.15) is 23.7 Å². The number of carbonyl (C=O) groups is 2. The number of aryl methyl sites for hydroxylation is 6. The van der Waals surface area contributed by atoms with Crippen LogP contribution >= 0.6 is 22.6 Å². The van der Waals surface area contributed by atoms with Crippen molar-refractivity contribution in [1.82, 2.24) is 10.6 Å². The van der Waals surface area contributed by atoms with E-state index in [-0.39, 0.29) is 24.0 Å². The Morgan fingerprint density at radius 2 is 1.03 bits per heavy atom. The number of nitrogens with one attached hydrogen (secondary N) is 2. The maximum atomic E-state index is 12.8. The normalized spacial score (nSPS) is 12.4. The molecule has 208 valence electrons. The Labute approximate surface area is 246 Å². The van der Waals surface area contributed by atoms with Crippen molar-refractivity contribution in [1.29, 1.82) is 0 Å². The molecule has 6 nitrogen and oxygen atoms in total. The molecule has 0 saturated heterocycles. The lowest BCUT2D eigenvalue weighted by Gasteiger charge is -2.21. The van der Waals surface area contributed by atoms with Crippen LogP contribution in [0.3, 0.4) is 0 Å². The molecule has 0 radical (unpaired) electrons. The van der Waals surface area contributed by atoms with Gasteiger partial charge in [-0.2, -0.15) is 0 Å². The Morgan fingerprint density at radius 3 is 1.36 bits per heavy atom. The molecule has 3 rings (SSSR count). The summed E-state index contributed by atoms with van der Waals surface area (Å²) in [6.45, 7) is 16.5. The summed E-state index contributed by atoms with van der Waals surface area (Å²) in [5.41, 5.74) is 7.57. The third kappa shape index (κ3) is 7.97. The molecule has 0 saturated carbocycles. The summed E-state index contributed by atoms with van der Waals surface area (Å²) in [6, 6.07) is 13.7. The van der Waals surface area contributed by atoms with Gasteiger partial charge in [0, 0.05) is 11.1 Å². The maximum absolute atomic E-state index is 12.8. The molecule has 0 heterocycles. The Kier molecular flexibility index (Phi) is 10.4. The van der Waals surface area contributed by atoms with Gasteiger partial charge in [-0.15, -0.1) is 0 Å². The molecule has 2 atom stereocenters. The van der Waals surface area contributed by atoms with E-state index in [2.05, 4.69) is 33.2 Å². The first-order valence-electron chi connectivity index (χ1n) is 13.2. The minimum Gasteiger partial charge on any atom is -0.488 e. The zero-order chi connectivity index (χ0) is 28.9. The van der Waals surface area contributed by atoms with Crippen LogP contribution in [0.15, 0.2) is 42.5 Å². The van der Waals surface area contributed by atoms with Crippen molar-refractivity contribution < 1.29 is 19.1 Å². The van der Waals surface area contributed by atoms with Crippen LogP contribution < -0.4 is 20.1 Å². The lowest BCUT2D eigenvalue weighted by atomic mass is 9.99. The van der Waals surface area contributed by atoms with Gasteiger partial charge in [-0.05, 0) is 112 Å². The number of rotatable bonds is 10. The molecule has 0 bridgehead atoms. The van der Waals surface area contributed by atoms with E-state index in [4.69, 9.17) is 9.47 Å². The van der Waals surface area contributed by atoms with Crippen molar-refractivity contribution in [2.75, 3.05) is 13.1 Å². The van der Waals surface area contributed by atoms with Gasteiger partial charge in [-0.3, -0.25) is 9.59 Å². The van der Waals surface area contributed by atoms with Crippen molar-refractivity contribution >= 4 is 34.4 Å². The molecule has 0 spiro atoms. The molecule has 7 heteroatoms. The summed E-state index contributed by atoms with van der Waals surface area (Å²) in [5.74, 6) is 1.16. The number of hydrogen-bond acceptors (Lipinski definition) is 4. The van der Waals surface area contributed by atoms with E-state index >= 15 is 0 Å². The van der Waals surface area contributed by atoms with Gasteiger partial charge in [0.05, 0.1) is 16.7 Å². The largest absolute Gasteiger partial charge is 0.488 e. The lowest BCUT2D eigenvalue weighted by Crippen LogP contribution is -2.35. The summed E-state index contributed by atoms with van der Waals surface area (Å²) >= 11 is 2.21. The molecule has 0 unspecified atom stereocenters. The minimum absolute atomic E-state index is 0.0980. The van der Waals surface area contributed by atoms with E-state index in [1.165, 1.54) is 0 Å². The molecule has 2 amide bonds. The van der Waals surface area contributed by atoms with E-state index in [0.29, 0.717) is 35.7 Å². The summed E-state index contributed by atoms with van der Waals surface area (Å²) < 4.78 is 13.1. The van der Waals surface area contributed by atoms with Crippen molar-refractivity contribution in [3.63, 3.8) is 0 Å². The van der Waals surface area contributed by atoms with Gasteiger partial charge >= 0.3 is 0 Å². The summed E-state index contributed by atoms with van der Waals surface area (Å²) in [6.07, 6.45) is -0.497. The molecule has 3 aromatic rings. The second-order valence-electron chi connectivity index (χ2n) is 10.4. The van der Waals surface area contributed by atoms with E-state index in [1.807, 2.05) is 97.9 Å². The number of hydrogen-bond donors (Lipinski definition) is 2. The molecule has 0 aromatic heterocycles. The van der Waals surface area contributed by atoms with Gasteiger partial charge in [0.2, 0.25) is 0 Å². The fourth-order valence-corrected chi connectivity index (χ4v) is 5.53. The van der Waals surface area contributed by atoms with E-state index in [9.17, 15) is 9.59 Å². The zero-order valence-corrected chi connectivity index (χ0v) is 26.3. The van der Waals surface area contributed by atoms with Gasteiger partial charge in [-0.25, -0.2) is 0 Å². The summed E-state index contributed by atoms with van der Waals surface area (Å²) in [5, 5.41) is 6.00. The standard InChI is InChI=1S/C32H39IN2O4/c1-18-12-20(3)28(21(4)13-18)31(36)34-16-24(7)38-26-10-9-11-27(30(26)33)39-25(8)17-35-32(37)29-22(5)14-19(2)15-23(29)6/h9-15,24-25H,16-17H2,1-8H3,(H,34,36)(H,35,37)/t24-,25-/m0/s1. The predicted octanol–water partition coefficient (Wildman–Crippen LogP) is 6.54. The molecular formula is C32H39IN2O4. The fourth-order valence-electron chi connectivity index (χ4n) is 4.92. The van der Waals surface area contributed by atoms with Crippen molar-refractivity contribution in [2.45, 2.75) is 67.6 Å². The Hall–Kier alpha value is -3.07. The topological polar surface area (TPSA) is 76.7 Å². The minimum atomic E-state index is -0.249. The number of benzene rings is 3. The molecule has 0 aliphatic heterocycles. The second kappa shape index (κ2) is 13.3. The van der Waals surface area contributed by atoms with Crippen LogP contribution in [-0.4, -0.2) is 37.1 Å². The third-order valence-electron chi connectivity index (χ3n) is 6.49. The molecule has 0 aliphatic rings. The first-order chi connectivity index (χ1) is 18.4. The quantitative estimate of drug-likeness (QED) is 0.247. The SMILES string of the molecule is Cc1cc(C)c(C(=O)NC[C@H](C)Oc2cccc(O[C@@H](C)CNC(=O)c3c(C)cc(C)cc3C)c2I)c(C)c1. The van der Waals surface area contributed by atoms with Gasteiger partial charge < -0.3 is 20.1 Å². The molecule has 39 heavy (non-hydrogen) atoms. The highest BCUT2D eigenvalue weighted by Gasteiger charge is 2.18. The molecule has 3 aromatic carbocycles. The van der Waals surface area contributed by atoms with Gasteiger partial charge in [0.25, 0.3) is 11.8 Å².